The summed E-state index contributed by atoms with van der Waals surface area (Å²) in [7, 11) is 0. The number of fused-ring (bicyclic) bond motifs is 1. The lowest BCUT2D eigenvalue weighted by Gasteiger charge is -2.23. The zero-order chi connectivity index (χ0) is 16.2. The number of benzene rings is 1. The highest BCUT2D eigenvalue weighted by atomic mass is 16.5. The molecule has 2 aliphatic heterocycles. The molecule has 23 heavy (non-hydrogen) atoms. The molecule has 0 aliphatic carbocycles. The number of nitrogens with zero attached hydrogens (tertiary/aromatic N) is 1. The summed E-state index contributed by atoms with van der Waals surface area (Å²) >= 11 is 0. The van der Waals surface area contributed by atoms with Crippen LogP contribution >= 0.6 is 0 Å². The highest BCUT2D eigenvalue weighted by molar-refractivity contribution is 6.21. The first-order chi connectivity index (χ1) is 11.2. The van der Waals surface area contributed by atoms with Gasteiger partial charge in [-0.15, -0.1) is 0 Å². The number of ether oxygens (including phenoxy) is 1. The van der Waals surface area contributed by atoms with Crippen molar-refractivity contribution in [3.05, 3.63) is 35.4 Å². The van der Waals surface area contributed by atoms with E-state index in [4.69, 9.17) is 4.74 Å². The molecule has 7 heteroatoms. The van der Waals surface area contributed by atoms with Crippen molar-refractivity contribution < 1.29 is 19.1 Å². The van der Waals surface area contributed by atoms with Crippen LogP contribution in [0, 0.1) is 0 Å². The molecule has 2 heterocycles. The van der Waals surface area contributed by atoms with Crippen molar-refractivity contribution in [2.24, 2.45) is 0 Å². The van der Waals surface area contributed by atoms with Gasteiger partial charge in [0.1, 0.15) is 0 Å². The second kappa shape index (κ2) is 6.89. The van der Waals surface area contributed by atoms with Crippen LogP contribution in [0.5, 0.6) is 0 Å². The number of carbonyl (C=O) groups is 3. The molecular formula is C16H19N3O4. The molecule has 2 aliphatic rings. The van der Waals surface area contributed by atoms with Gasteiger partial charge >= 0.3 is 0 Å². The molecule has 0 bridgehead atoms. The van der Waals surface area contributed by atoms with Crippen molar-refractivity contribution in [3.63, 3.8) is 0 Å². The molecule has 1 aromatic carbocycles. The lowest BCUT2D eigenvalue weighted by atomic mass is 10.1. The molecule has 0 saturated carbocycles. The van der Waals surface area contributed by atoms with E-state index in [1.807, 2.05) is 0 Å². The molecule has 1 unspecified atom stereocenters. The highest BCUT2D eigenvalue weighted by Gasteiger charge is 2.34. The first-order valence-corrected chi connectivity index (χ1v) is 7.70. The topological polar surface area (TPSA) is 87.7 Å². The number of imide groups is 1. The fourth-order valence-electron chi connectivity index (χ4n) is 2.80. The molecule has 1 aromatic rings. The molecule has 7 nitrogen and oxygen atoms in total. The molecule has 0 radical (unpaired) electrons. The van der Waals surface area contributed by atoms with E-state index >= 15 is 0 Å². The van der Waals surface area contributed by atoms with Crippen LogP contribution in [0.3, 0.4) is 0 Å². The van der Waals surface area contributed by atoms with Gasteiger partial charge in [0.2, 0.25) is 5.91 Å². The molecule has 1 fully saturated rings. The maximum atomic E-state index is 12.2. The van der Waals surface area contributed by atoms with Gasteiger partial charge in [-0.2, -0.15) is 0 Å². The Labute approximate surface area is 134 Å². The minimum absolute atomic E-state index is 0.0167. The summed E-state index contributed by atoms with van der Waals surface area (Å²) in [6, 6.07) is 6.76. The van der Waals surface area contributed by atoms with Gasteiger partial charge in [0.15, 0.2) is 0 Å². The minimum atomic E-state index is -0.304. The Morgan fingerprint density at radius 2 is 1.96 bits per heavy atom. The average Bonchev–Trinajstić information content (AvgIpc) is 2.81. The molecule has 1 saturated heterocycles. The van der Waals surface area contributed by atoms with Crippen molar-refractivity contribution >= 4 is 17.7 Å². The second-order valence-electron chi connectivity index (χ2n) is 5.59. The Hall–Kier alpha value is -2.25. The third-order valence-corrected chi connectivity index (χ3v) is 3.97. The maximum absolute atomic E-state index is 12.2. The lowest BCUT2D eigenvalue weighted by molar-refractivity contribution is -0.122. The normalized spacial score (nSPS) is 20.5. The van der Waals surface area contributed by atoms with Crippen molar-refractivity contribution in [2.45, 2.75) is 12.5 Å². The van der Waals surface area contributed by atoms with Gasteiger partial charge in [-0.25, -0.2) is 0 Å². The van der Waals surface area contributed by atoms with E-state index < -0.39 is 0 Å². The lowest BCUT2D eigenvalue weighted by Crippen LogP contribution is -2.45. The highest BCUT2D eigenvalue weighted by Crippen LogP contribution is 2.21. The number of hydrogen-bond donors (Lipinski definition) is 2. The quantitative estimate of drug-likeness (QED) is 0.733. The van der Waals surface area contributed by atoms with E-state index in [-0.39, 0.29) is 36.9 Å². The van der Waals surface area contributed by atoms with E-state index in [0.717, 1.165) is 6.54 Å². The van der Waals surface area contributed by atoms with Crippen molar-refractivity contribution in [2.75, 3.05) is 32.8 Å². The number of rotatable bonds is 5. The summed E-state index contributed by atoms with van der Waals surface area (Å²) in [5, 5.41) is 5.95. The fourth-order valence-corrected chi connectivity index (χ4v) is 2.80. The Balaban J connectivity index is 1.47. The second-order valence-corrected chi connectivity index (χ2v) is 5.59. The van der Waals surface area contributed by atoms with Gasteiger partial charge in [-0.05, 0) is 12.1 Å². The largest absolute Gasteiger partial charge is 0.378 e. The Morgan fingerprint density at radius 1 is 1.26 bits per heavy atom. The van der Waals surface area contributed by atoms with Crippen LogP contribution in [0.1, 0.15) is 27.1 Å². The molecule has 2 N–H and O–H groups in total. The maximum Gasteiger partial charge on any atom is 0.261 e. The van der Waals surface area contributed by atoms with Crippen molar-refractivity contribution in [1.82, 2.24) is 15.5 Å². The van der Waals surface area contributed by atoms with Crippen LogP contribution in [-0.2, 0) is 9.53 Å². The van der Waals surface area contributed by atoms with E-state index in [1.165, 1.54) is 4.90 Å². The van der Waals surface area contributed by atoms with Gasteiger partial charge in [-0.1, -0.05) is 12.1 Å². The molecule has 0 aromatic heterocycles. The molecule has 3 rings (SSSR count). The zero-order valence-electron chi connectivity index (χ0n) is 12.7. The summed E-state index contributed by atoms with van der Waals surface area (Å²) in [5.74, 6) is -0.728. The van der Waals surface area contributed by atoms with Gasteiger partial charge in [0.05, 0.1) is 24.3 Å². The third kappa shape index (κ3) is 3.40. The van der Waals surface area contributed by atoms with E-state index in [2.05, 4.69) is 10.6 Å². The number of morpholine rings is 1. The number of carbonyl (C=O) groups excluding carboxylic acids is 3. The molecular weight excluding hydrogens is 298 g/mol. The van der Waals surface area contributed by atoms with Crippen LogP contribution in [-0.4, -0.2) is 61.5 Å². The fraction of sp³-hybridized carbons (Fsp3) is 0.438. The smallest absolute Gasteiger partial charge is 0.261 e. The SMILES string of the molecule is O=C(CC1COCCN1)NCCN1C(=O)c2ccccc2C1=O. The number of hydrogen-bond acceptors (Lipinski definition) is 5. The van der Waals surface area contributed by atoms with Crippen molar-refractivity contribution in [3.8, 4) is 0 Å². The molecule has 0 spiro atoms. The number of nitrogens with one attached hydrogen (secondary N) is 2. The average molecular weight is 317 g/mol. The summed E-state index contributed by atoms with van der Waals surface area (Å²) in [6.45, 7) is 2.35. The van der Waals surface area contributed by atoms with Gasteiger partial charge in [0.25, 0.3) is 11.8 Å². The Kier molecular flexibility index (Phi) is 4.68. The summed E-state index contributed by atoms with van der Waals surface area (Å²) in [6.07, 6.45) is 0.322. The van der Waals surface area contributed by atoms with Crippen molar-refractivity contribution in [1.29, 1.82) is 0 Å². The van der Waals surface area contributed by atoms with Crippen LogP contribution in [0.2, 0.25) is 0 Å². The van der Waals surface area contributed by atoms with Gasteiger partial charge < -0.3 is 15.4 Å². The first kappa shape index (κ1) is 15.6. The predicted molar refractivity (Wildman–Crippen MR) is 82.0 cm³/mol. The van der Waals surface area contributed by atoms with Crippen LogP contribution in [0.15, 0.2) is 24.3 Å². The Morgan fingerprint density at radius 3 is 2.57 bits per heavy atom. The molecule has 122 valence electrons. The van der Waals surface area contributed by atoms with Crippen LogP contribution < -0.4 is 10.6 Å². The van der Waals surface area contributed by atoms with Crippen LogP contribution in [0.4, 0.5) is 0 Å². The first-order valence-electron chi connectivity index (χ1n) is 7.70. The summed E-state index contributed by atoms with van der Waals surface area (Å²) in [4.78, 5) is 37.4. The monoisotopic (exact) mass is 317 g/mol. The summed E-state index contributed by atoms with van der Waals surface area (Å²) < 4.78 is 5.29. The molecule has 3 amide bonds. The zero-order valence-corrected chi connectivity index (χ0v) is 12.7. The van der Waals surface area contributed by atoms with E-state index in [0.29, 0.717) is 30.8 Å². The molecule has 1 atom stereocenters. The van der Waals surface area contributed by atoms with Crippen LogP contribution in [0.25, 0.3) is 0 Å². The van der Waals surface area contributed by atoms with E-state index in [1.54, 1.807) is 24.3 Å². The third-order valence-electron chi connectivity index (χ3n) is 3.97. The standard InChI is InChI=1S/C16H19N3O4/c20-14(9-11-10-23-8-6-17-11)18-5-7-19-15(21)12-3-1-2-4-13(12)16(19)22/h1-4,11,17H,5-10H2,(H,18,20). The minimum Gasteiger partial charge on any atom is -0.378 e. The summed E-state index contributed by atoms with van der Waals surface area (Å²) in [5.41, 5.74) is 0.847. The Bertz CT molecular complexity index is 591. The van der Waals surface area contributed by atoms with Gasteiger partial charge in [-0.3, -0.25) is 19.3 Å². The predicted octanol–water partition coefficient (Wildman–Crippen LogP) is -0.223. The van der Waals surface area contributed by atoms with E-state index in [9.17, 15) is 14.4 Å². The van der Waals surface area contributed by atoms with Gasteiger partial charge in [0, 0.05) is 32.1 Å². The number of amides is 3.